The van der Waals surface area contributed by atoms with E-state index in [0.29, 0.717) is 21.1 Å². The molecule has 2 aromatic heterocycles. The third-order valence-electron chi connectivity index (χ3n) is 3.76. The smallest absolute Gasteiger partial charge is 0.268 e. The first-order chi connectivity index (χ1) is 12.5. The third kappa shape index (κ3) is 3.74. The van der Waals surface area contributed by atoms with Crippen LogP contribution in [0, 0.1) is 5.82 Å². The molecule has 0 aliphatic rings. The van der Waals surface area contributed by atoms with Gasteiger partial charge in [0.05, 0.1) is 17.5 Å². The standard InChI is InChI=1S/C17H17FN4O3S/c18-11-5-9(1-4-15(11)24)12-2-3-13(21-12)16(25)22-14(6-19)17-20-7-10(8-23)26-17/h1-5,7,14,21,23-24H,6,8,19H2,(H,22,25). The van der Waals surface area contributed by atoms with Gasteiger partial charge < -0.3 is 26.2 Å². The van der Waals surface area contributed by atoms with E-state index in [4.69, 9.17) is 10.8 Å². The molecule has 1 atom stereocenters. The van der Waals surface area contributed by atoms with Gasteiger partial charge in [-0.25, -0.2) is 9.37 Å². The van der Waals surface area contributed by atoms with Gasteiger partial charge in [0, 0.05) is 24.0 Å². The van der Waals surface area contributed by atoms with Crippen LogP contribution in [0.5, 0.6) is 5.75 Å². The Morgan fingerprint density at radius 1 is 1.38 bits per heavy atom. The van der Waals surface area contributed by atoms with Gasteiger partial charge in [-0.2, -0.15) is 0 Å². The number of hydrogen-bond donors (Lipinski definition) is 5. The zero-order chi connectivity index (χ0) is 18.7. The number of nitrogens with zero attached hydrogens (tertiary/aromatic N) is 1. The SMILES string of the molecule is NCC(NC(=O)c1ccc(-c2ccc(O)c(F)c2)[nH]1)c1ncc(CO)s1. The summed E-state index contributed by atoms with van der Waals surface area (Å²) >= 11 is 1.28. The minimum atomic E-state index is -0.741. The number of nitrogens with two attached hydrogens (primary N) is 1. The second kappa shape index (κ2) is 7.65. The number of H-pyrrole nitrogens is 1. The van der Waals surface area contributed by atoms with E-state index in [0.717, 1.165) is 0 Å². The number of hydrogen-bond acceptors (Lipinski definition) is 6. The van der Waals surface area contributed by atoms with Crippen molar-refractivity contribution < 1.29 is 19.4 Å². The highest BCUT2D eigenvalue weighted by Gasteiger charge is 2.19. The van der Waals surface area contributed by atoms with Crippen molar-refractivity contribution in [1.29, 1.82) is 0 Å². The van der Waals surface area contributed by atoms with Gasteiger partial charge in [0.1, 0.15) is 10.7 Å². The summed E-state index contributed by atoms with van der Waals surface area (Å²) in [6.07, 6.45) is 1.54. The van der Waals surface area contributed by atoms with Crippen LogP contribution in [0.25, 0.3) is 11.3 Å². The molecule has 1 unspecified atom stereocenters. The lowest BCUT2D eigenvalue weighted by atomic mass is 10.1. The number of aromatic nitrogens is 2. The molecule has 7 nitrogen and oxygen atoms in total. The molecule has 2 heterocycles. The van der Waals surface area contributed by atoms with Crippen LogP contribution in [0.3, 0.4) is 0 Å². The van der Waals surface area contributed by atoms with Crippen molar-refractivity contribution in [1.82, 2.24) is 15.3 Å². The Morgan fingerprint density at radius 3 is 2.85 bits per heavy atom. The number of phenolic OH excluding ortho intramolecular Hbond substituents is 1. The summed E-state index contributed by atoms with van der Waals surface area (Å²) < 4.78 is 13.5. The maximum absolute atomic E-state index is 13.5. The average molecular weight is 376 g/mol. The fraction of sp³-hybridized carbons (Fsp3) is 0.176. The lowest BCUT2D eigenvalue weighted by molar-refractivity contribution is 0.0933. The van der Waals surface area contributed by atoms with E-state index in [1.54, 1.807) is 24.4 Å². The van der Waals surface area contributed by atoms with Crippen molar-refractivity contribution in [2.24, 2.45) is 5.73 Å². The molecular weight excluding hydrogens is 359 g/mol. The fourth-order valence-electron chi connectivity index (χ4n) is 2.38. The molecule has 0 bridgehead atoms. The average Bonchev–Trinajstić information content (AvgIpc) is 3.31. The Labute approximate surface area is 152 Å². The Kier molecular flexibility index (Phi) is 5.31. The van der Waals surface area contributed by atoms with Crippen LogP contribution < -0.4 is 11.1 Å². The number of carbonyl (C=O) groups excluding carboxylic acids is 1. The number of aliphatic hydroxyl groups is 1. The molecule has 136 valence electrons. The zero-order valence-corrected chi connectivity index (χ0v) is 14.4. The predicted octanol–water partition coefficient (Wildman–Crippen LogP) is 1.90. The van der Waals surface area contributed by atoms with Crippen LogP contribution in [-0.2, 0) is 6.61 Å². The number of halogens is 1. The Hall–Kier alpha value is -2.75. The number of aromatic hydroxyl groups is 1. The lowest BCUT2D eigenvalue weighted by Crippen LogP contribution is -2.33. The van der Waals surface area contributed by atoms with Crippen LogP contribution in [0.1, 0.15) is 26.4 Å². The summed E-state index contributed by atoms with van der Waals surface area (Å²) in [7, 11) is 0. The van der Waals surface area contributed by atoms with Crippen molar-refractivity contribution in [3.8, 4) is 17.0 Å². The van der Waals surface area contributed by atoms with Gasteiger partial charge in [0.25, 0.3) is 5.91 Å². The molecule has 9 heteroatoms. The highest BCUT2D eigenvalue weighted by Crippen LogP contribution is 2.25. The minimum Gasteiger partial charge on any atom is -0.505 e. The number of carbonyl (C=O) groups is 1. The maximum atomic E-state index is 13.5. The van der Waals surface area contributed by atoms with Crippen LogP contribution in [-0.4, -0.2) is 32.6 Å². The number of rotatable bonds is 6. The molecule has 26 heavy (non-hydrogen) atoms. The van der Waals surface area contributed by atoms with E-state index in [2.05, 4.69) is 15.3 Å². The highest BCUT2D eigenvalue weighted by atomic mass is 32.1. The summed E-state index contributed by atoms with van der Waals surface area (Å²) in [6.45, 7) is 0.0347. The monoisotopic (exact) mass is 376 g/mol. The first kappa shape index (κ1) is 18.1. The van der Waals surface area contributed by atoms with Gasteiger partial charge in [-0.05, 0) is 30.3 Å². The van der Waals surface area contributed by atoms with Gasteiger partial charge in [0.15, 0.2) is 11.6 Å². The quantitative estimate of drug-likeness (QED) is 0.449. The number of thiazole rings is 1. The second-order valence-electron chi connectivity index (χ2n) is 5.54. The van der Waals surface area contributed by atoms with E-state index in [-0.39, 0.29) is 24.8 Å². The molecule has 1 amide bonds. The molecule has 0 aliphatic heterocycles. The van der Waals surface area contributed by atoms with Crippen molar-refractivity contribution in [3.05, 3.63) is 57.9 Å². The lowest BCUT2D eigenvalue weighted by Gasteiger charge is -2.13. The molecule has 0 saturated heterocycles. The topological polar surface area (TPSA) is 124 Å². The number of amides is 1. The van der Waals surface area contributed by atoms with Crippen molar-refractivity contribution >= 4 is 17.2 Å². The second-order valence-corrected chi connectivity index (χ2v) is 6.68. The Balaban J connectivity index is 1.75. The van der Waals surface area contributed by atoms with Crippen LogP contribution in [0.2, 0.25) is 0 Å². The molecular formula is C17H17FN4O3S. The molecule has 0 spiro atoms. The zero-order valence-electron chi connectivity index (χ0n) is 13.6. The summed E-state index contributed by atoms with van der Waals surface area (Å²) in [5.74, 6) is -1.56. The van der Waals surface area contributed by atoms with Gasteiger partial charge in [-0.1, -0.05) is 0 Å². The van der Waals surface area contributed by atoms with E-state index in [1.165, 1.54) is 23.5 Å². The van der Waals surface area contributed by atoms with Crippen LogP contribution in [0.15, 0.2) is 36.5 Å². The first-order valence-corrected chi connectivity index (χ1v) is 8.57. The number of phenols is 1. The van der Waals surface area contributed by atoms with E-state index >= 15 is 0 Å². The minimum absolute atomic E-state index is 0.119. The Morgan fingerprint density at radius 2 is 2.19 bits per heavy atom. The highest BCUT2D eigenvalue weighted by molar-refractivity contribution is 7.11. The summed E-state index contributed by atoms with van der Waals surface area (Å²) in [6, 6.07) is 6.70. The third-order valence-corrected chi connectivity index (χ3v) is 4.85. The molecule has 0 aliphatic carbocycles. The Bertz CT molecular complexity index is 924. The first-order valence-electron chi connectivity index (χ1n) is 7.76. The van der Waals surface area contributed by atoms with E-state index in [9.17, 15) is 14.3 Å². The molecule has 3 aromatic rings. The summed E-state index contributed by atoms with van der Waals surface area (Å²) in [5, 5.41) is 21.8. The van der Waals surface area contributed by atoms with E-state index in [1.807, 2.05) is 0 Å². The predicted molar refractivity (Wildman–Crippen MR) is 95.1 cm³/mol. The van der Waals surface area contributed by atoms with Gasteiger partial charge in [0.2, 0.25) is 0 Å². The molecule has 3 rings (SSSR count). The number of aromatic amines is 1. The summed E-state index contributed by atoms with van der Waals surface area (Å²) in [4.78, 5) is 20.2. The van der Waals surface area contributed by atoms with Crippen LogP contribution >= 0.6 is 11.3 Å². The normalized spacial score (nSPS) is 12.1. The van der Waals surface area contributed by atoms with Crippen molar-refractivity contribution in [2.75, 3.05) is 6.54 Å². The molecule has 6 N–H and O–H groups in total. The maximum Gasteiger partial charge on any atom is 0.268 e. The van der Waals surface area contributed by atoms with Crippen molar-refractivity contribution in [2.45, 2.75) is 12.6 Å². The molecule has 0 radical (unpaired) electrons. The van der Waals surface area contributed by atoms with Gasteiger partial charge in [-0.3, -0.25) is 4.79 Å². The largest absolute Gasteiger partial charge is 0.505 e. The van der Waals surface area contributed by atoms with E-state index < -0.39 is 17.6 Å². The van der Waals surface area contributed by atoms with Gasteiger partial charge in [-0.15, -0.1) is 11.3 Å². The van der Waals surface area contributed by atoms with Gasteiger partial charge >= 0.3 is 0 Å². The molecule has 1 aromatic carbocycles. The molecule has 0 fully saturated rings. The van der Waals surface area contributed by atoms with Crippen LogP contribution in [0.4, 0.5) is 4.39 Å². The number of nitrogens with one attached hydrogen (secondary N) is 2. The number of benzene rings is 1. The fourth-order valence-corrected chi connectivity index (χ4v) is 3.23. The summed E-state index contributed by atoms with van der Waals surface area (Å²) in [5.41, 5.74) is 7.05. The van der Waals surface area contributed by atoms with Crippen molar-refractivity contribution in [3.63, 3.8) is 0 Å². The number of aliphatic hydroxyl groups excluding tert-OH is 1. The molecule has 0 saturated carbocycles.